The molecule has 3 nitrogen and oxygen atoms in total. The molecular formula is C8H8F4N2O. The lowest BCUT2D eigenvalue weighted by Gasteiger charge is -2.12. The van der Waals surface area contributed by atoms with Crippen molar-refractivity contribution in [2.24, 2.45) is 7.05 Å². The van der Waals surface area contributed by atoms with E-state index >= 15 is 0 Å². The molecule has 0 aromatic carbocycles. The van der Waals surface area contributed by atoms with Crippen molar-refractivity contribution in [3.8, 4) is 0 Å². The second kappa shape index (κ2) is 3.63. The van der Waals surface area contributed by atoms with Crippen LogP contribution in [0, 0.1) is 6.92 Å². The highest BCUT2D eigenvalue weighted by Crippen LogP contribution is 2.28. The first-order chi connectivity index (χ1) is 6.76. The topological polar surface area (TPSA) is 34.9 Å². The lowest BCUT2D eigenvalue weighted by molar-refractivity contribution is -0.0958. The number of aromatic nitrogens is 2. The Hall–Kier alpha value is -1.40. The summed E-state index contributed by atoms with van der Waals surface area (Å²) in [4.78, 5) is 11.1. The van der Waals surface area contributed by atoms with Crippen LogP contribution < -0.4 is 0 Å². The van der Waals surface area contributed by atoms with Gasteiger partial charge in [-0.2, -0.15) is 13.9 Å². The highest BCUT2D eigenvalue weighted by molar-refractivity contribution is 6.02. The number of ketones is 1. The van der Waals surface area contributed by atoms with Gasteiger partial charge in [0.15, 0.2) is 0 Å². The molecule has 0 saturated carbocycles. The predicted molar refractivity (Wildman–Crippen MR) is 43.2 cm³/mol. The van der Waals surface area contributed by atoms with Gasteiger partial charge in [-0.25, -0.2) is 8.78 Å². The number of carbonyl (C=O) groups is 1. The molecule has 0 N–H and O–H groups in total. The van der Waals surface area contributed by atoms with Gasteiger partial charge in [0.1, 0.15) is 0 Å². The van der Waals surface area contributed by atoms with Crippen molar-refractivity contribution in [2.75, 3.05) is 0 Å². The summed E-state index contributed by atoms with van der Waals surface area (Å²) in [7, 11) is 1.41. The van der Waals surface area contributed by atoms with Crippen molar-refractivity contribution in [1.29, 1.82) is 0 Å². The summed E-state index contributed by atoms with van der Waals surface area (Å²) in [5, 5.41) is 3.62. The van der Waals surface area contributed by atoms with Crippen molar-refractivity contribution in [3.63, 3.8) is 0 Å². The average Bonchev–Trinajstić information content (AvgIpc) is 2.43. The minimum absolute atomic E-state index is 0.00262. The van der Waals surface area contributed by atoms with Crippen LogP contribution in [0.15, 0.2) is 6.20 Å². The van der Waals surface area contributed by atoms with Gasteiger partial charge in [0, 0.05) is 13.2 Å². The van der Waals surface area contributed by atoms with Gasteiger partial charge in [0.2, 0.25) is 5.78 Å². The molecule has 0 atom stereocenters. The van der Waals surface area contributed by atoms with E-state index in [0.29, 0.717) is 0 Å². The molecule has 0 aliphatic carbocycles. The third kappa shape index (κ3) is 2.00. The van der Waals surface area contributed by atoms with E-state index in [1.807, 2.05) is 0 Å². The van der Waals surface area contributed by atoms with Gasteiger partial charge in [0.25, 0.3) is 0 Å². The molecule has 15 heavy (non-hydrogen) atoms. The Kier molecular flexibility index (Phi) is 2.83. The van der Waals surface area contributed by atoms with Crippen LogP contribution in [0.4, 0.5) is 17.6 Å². The minimum atomic E-state index is -4.66. The highest BCUT2D eigenvalue weighted by atomic mass is 19.3. The van der Waals surface area contributed by atoms with Crippen LogP contribution in [0.2, 0.25) is 0 Å². The number of hydrogen-bond acceptors (Lipinski definition) is 2. The fourth-order valence-electron chi connectivity index (χ4n) is 1.10. The molecule has 0 radical (unpaired) electrons. The smallest absolute Gasteiger partial charge is 0.287 e. The summed E-state index contributed by atoms with van der Waals surface area (Å²) in [5.74, 6) is -6.56. The van der Waals surface area contributed by atoms with Crippen molar-refractivity contribution in [1.82, 2.24) is 9.78 Å². The molecule has 0 aliphatic heterocycles. The maximum Gasteiger partial charge on any atom is 0.369 e. The van der Waals surface area contributed by atoms with E-state index < -0.39 is 23.7 Å². The van der Waals surface area contributed by atoms with E-state index in [1.54, 1.807) is 0 Å². The molecule has 0 saturated heterocycles. The second-order valence-corrected chi connectivity index (χ2v) is 3.05. The first kappa shape index (κ1) is 11.7. The van der Waals surface area contributed by atoms with Crippen LogP contribution in [-0.4, -0.2) is 27.9 Å². The quantitative estimate of drug-likeness (QED) is 0.579. The van der Waals surface area contributed by atoms with Crippen molar-refractivity contribution in [2.45, 2.75) is 19.3 Å². The largest absolute Gasteiger partial charge is 0.369 e. The van der Waals surface area contributed by atoms with E-state index in [2.05, 4.69) is 5.10 Å². The lowest BCUT2D eigenvalue weighted by Crippen LogP contribution is -2.36. The molecule has 1 heterocycles. The summed E-state index contributed by atoms with van der Waals surface area (Å²) < 4.78 is 50.2. The van der Waals surface area contributed by atoms with Gasteiger partial charge in [-0.05, 0) is 6.92 Å². The summed E-state index contributed by atoms with van der Waals surface area (Å²) in [6, 6.07) is 0. The molecule has 1 aromatic rings. The monoisotopic (exact) mass is 224 g/mol. The molecular weight excluding hydrogens is 216 g/mol. The maximum absolute atomic E-state index is 12.7. The molecule has 0 spiro atoms. The van der Waals surface area contributed by atoms with Gasteiger partial charge in [-0.15, -0.1) is 0 Å². The Balaban J connectivity index is 3.10. The fraction of sp³-hybridized carbons (Fsp3) is 0.500. The van der Waals surface area contributed by atoms with Crippen LogP contribution >= 0.6 is 0 Å². The summed E-state index contributed by atoms with van der Waals surface area (Å²) in [5.41, 5.74) is -0.481. The molecule has 0 amide bonds. The van der Waals surface area contributed by atoms with Gasteiger partial charge >= 0.3 is 12.3 Å². The highest BCUT2D eigenvalue weighted by Gasteiger charge is 2.49. The Labute approximate surface area is 82.7 Å². The molecule has 0 fully saturated rings. The zero-order valence-electron chi connectivity index (χ0n) is 7.97. The zero-order chi connectivity index (χ0) is 11.8. The van der Waals surface area contributed by atoms with Gasteiger partial charge in [-0.1, -0.05) is 0 Å². The Morgan fingerprint density at radius 1 is 1.53 bits per heavy atom. The third-order valence-corrected chi connectivity index (χ3v) is 1.83. The first-order valence-corrected chi connectivity index (χ1v) is 3.97. The number of alkyl halides is 4. The van der Waals surface area contributed by atoms with Crippen molar-refractivity contribution >= 4 is 5.78 Å². The second-order valence-electron chi connectivity index (χ2n) is 3.05. The number of aryl methyl sites for hydroxylation is 2. The molecule has 7 heteroatoms. The number of halogens is 4. The van der Waals surface area contributed by atoms with E-state index in [0.717, 1.165) is 10.9 Å². The van der Waals surface area contributed by atoms with Gasteiger partial charge in [-0.3, -0.25) is 9.48 Å². The molecule has 0 unspecified atom stereocenters. The van der Waals surface area contributed by atoms with Crippen LogP contribution in [0.1, 0.15) is 16.1 Å². The third-order valence-electron chi connectivity index (χ3n) is 1.83. The SMILES string of the molecule is Cc1nn(C)cc1C(=O)C(F)(F)C(F)F. The standard InChI is InChI=1S/C8H8F4N2O/c1-4-5(3-14(2)13-4)6(15)8(11,12)7(9)10/h3,7H,1-2H3. The normalized spacial score (nSPS) is 12.2. The zero-order valence-corrected chi connectivity index (χ0v) is 7.97. The van der Waals surface area contributed by atoms with E-state index in [9.17, 15) is 22.4 Å². The average molecular weight is 224 g/mol. The molecule has 84 valence electrons. The van der Waals surface area contributed by atoms with E-state index in [-0.39, 0.29) is 5.69 Å². The summed E-state index contributed by atoms with van der Waals surface area (Å²) in [6.07, 6.45) is -3.02. The van der Waals surface area contributed by atoms with Gasteiger partial charge < -0.3 is 0 Å². The first-order valence-electron chi connectivity index (χ1n) is 3.97. The number of rotatable bonds is 3. The van der Waals surface area contributed by atoms with E-state index in [1.165, 1.54) is 14.0 Å². The summed E-state index contributed by atoms with van der Waals surface area (Å²) >= 11 is 0. The Morgan fingerprint density at radius 3 is 2.40 bits per heavy atom. The molecule has 0 aliphatic rings. The van der Waals surface area contributed by atoms with Crippen LogP contribution in [0.5, 0.6) is 0 Å². The van der Waals surface area contributed by atoms with Crippen LogP contribution in [0.3, 0.4) is 0 Å². The van der Waals surface area contributed by atoms with Crippen LogP contribution in [-0.2, 0) is 7.05 Å². The lowest BCUT2D eigenvalue weighted by atomic mass is 10.1. The maximum atomic E-state index is 12.7. The Bertz CT molecular complexity index is 386. The summed E-state index contributed by atoms with van der Waals surface area (Å²) in [6.45, 7) is 1.30. The minimum Gasteiger partial charge on any atom is -0.287 e. The molecule has 0 bridgehead atoms. The number of nitrogens with zero attached hydrogens (tertiary/aromatic N) is 2. The van der Waals surface area contributed by atoms with Crippen molar-refractivity contribution < 1.29 is 22.4 Å². The number of Topliss-reactive ketones (excluding diaryl/α,β-unsaturated/α-hetero) is 1. The van der Waals surface area contributed by atoms with E-state index in [4.69, 9.17) is 0 Å². The number of hydrogen-bond donors (Lipinski definition) is 0. The predicted octanol–water partition coefficient (Wildman–Crippen LogP) is 1.81. The molecule has 1 rings (SSSR count). The Morgan fingerprint density at radius 2 is 2.07 bits per heavy atom. The van der Waals surface area contributed by atoms with Crippen molar-refractivity contribution in [3.05, 3.63) is 17.5 Å². The molecule has 1 aromatic heterocycles. The fourth-order valence-corrected chi connectivity index (χ4v) is 1.10. The van der Waals surface area contributed by atoms with Crippen LogP contribution in [0.25, 0.3) is 0 Å². The number of carbonyl (C=O) groups excluding carboxylic acids is 1. The van der Waals surface area contributed by atoms with Gasteiger partial charge in [0.05, 0.1) is 11.3 Å².